The smallest absolute Gasteiger partial charge is 0.200 e. The van der Waals surface area contributed by atoms with E-state index in [1.165, 1.54) is 0 Å². The van der Waals surface area contributed by atoms with Crippen molar-refractivity contribution in [3.63, 3.8) is 0 Å². The van der Waals surface area contributed by atoms with Gasteiger partial charge in [-0.3, -0.25) is 0 Å². The molecule has 0 saturated carbocycles. The van der Waals surface area contributed by atoms with Crippen molar-refractivity contribution in [1.82, 2.24) is 9.55 Å². The van der Waals surface area contributed by atoms with Gasteiger partial charge in [0.1, 0.15) is 0 Å². The van der Waals surface area contributed by atoms with E-state index in [0.29, 0.717) is 5.95 Å². The van der Waals surface area contributed by atoms with Crippen LogP contribution in [-0.4, -0.2) is 9.55 Å². The van der Waals surface area contributed by atoms with Crippen molar-refractivity contribution in [3.05, 3.63) is 11.4 Å². The summed E-state index contributed by atoms with van der Waals surface area (Å²) < 4.78 is 1.92. The van der Waals surface area contributed by atoms with E-state index in [1.54, 1.807) is 0 Å². The second kappa shape index (κ2) is 2.51. The standard InChI is InChI=1S/C9H17N3/c1-6-7(9(2,3)4)11-8(10)12(6)5/h1-5H3,(H2,10,11). The summed E-state index contributed by atoms with van der Waals surface area (Å²) in [6, 6.07) is 0. The lowest BCUT2D eigenvalue weighted by molar-refractivity contribution is 0.566. The zero-order valence-corrected chi connectivity index (χ0v) is 8.47. The van der Waals surface area contributed by atoms with Gasteiger partial charge < -0.3 is 10.3 Å². The summed E-state index contributed by atoms with van der Waals surface area (Å²) in [4.78, 5) is 4.32. The van der Waals surface area contributed by atoms with Crippen LogP contribution in [0.4, 0.5) is 5.95 Å². The Kier molecular flexibility index (Phi) is 1.90. The molecule has 0 atom stereocenters. The van der Waals surface area contributed by atoms with Gasteiger partial charge in [-0.15, -0.1) is 0 Å². The Labute approximate surface area is 73.6 Å². The van der Waals surface area contributed by atoms with E-state index in [4.69, 9.17) is 5.73 Å². The number of nitrogens with two attached hydrogens (primary N) is 1. The summed E-state index contributed by atoms with van der Waals surface area (Å²) in [5.41, 5.74) is 8.01. The Morgan fingerprint density at radius 2 is 1.83 bits per heavy atom. The van der Waals surface area contributed by atoms with Gasteiger partial charge in [-0.05, 0) is 6.92 Å². The largest absolute Gasteiger partial charge is 0.369 e. The minimum atomic E-state index is 0.0828. The van der Waals surface area contributed by atoms with Crippen LogP contribution in [0.15, 0.2) is 0 Å². The zero-order chi connectivity index (χ0) is 9.52. The van der Waals surface area contributed by atoms with Gasteiger partial charge in [-0.1, -0.05) is 20.8 Å². The molecule has 0 aliphatic heterocycles. The number of hydrogen-bond donors (Lipinski definition) is 1. The minimum absolute atomic E-state index is 0.0828. The van der Waals surface area contributed by atoms with Gasteiger partial charge in [0, 0.05) is 18.2 Å². The monoisotopic (exact) mass is 167 g/mol. The van der Waals surface area contributed by atoms with E-state index in [-0.39, 0.29) is 5.41 Å². The Bertz CT molecular complexity index is 291. The third kappa shape index (κ3) is 1.31. The van der Waals surface area contributed by atoms with Gasteiger partial charge in [0.2, 0.25) is 0 Å². The van der Waals surface area contributed by atoms with Gasteiger partial charge in [-0.25, -0.2) is 4.98 Å². The first-order chi connectivity index (χ1) is 5.34. The minimum Gasteiger partial charge on any atom is -0.369 e. The molecule has 1 heterocycles. The SMILES string of the molecule is Cc1c(C(C)(C)C)nc(N)n1C. The molecule has 0 saturated heterocycles. The third-order valence-electron chi connectivity index (χ3n) is 2.13. The van der Waals surface area contributed by atoms with Crippen molar-refractivity contribution in [2.45, 2.75) is 33.1 Å². The van der Waals surface area contributed by atoms with Gasteiger partial charge in [0.15, 0.2) is 5.95 Å². The predicted molar refractivity (Wildman–Crippen MR) is 51.1 cm³/mol. The molecule has 12 heavy (non-hydrogen) atoms. The Hall–Kier alpha value is -0.990. The highest BCUT2D eigenvalue weighted by Crippen LogP contribution is 2.25. The molecule has 1 aromatic heterocycles. The van der Waals surface area contributed by atoms with Crippen molar-refractivity contribution in [2.24, 2.45) is 7.05 Å². The highest BCUT2D eigenvalue weighted by molar-refractivity contribution is 5.31. The number of imidazole rings is 1. The molecular weight excluding hydrogens is 150 g/mol. The molecule has 2 N–H and O–H groups in total. The molecule has 0 amide bonds. The second-order valence-electron chi connectivity index (χ2n) is 4.21. The molecule has 1 rings (SSSR count). The van der Waals surface area contributed by atoms with Crippen LogP contribution in [0.5, 0.6) is 0 Å². The first kappa shape index (κ1) is 9.10. The molecule has 0 radical (unpaired) electrons. The first-order valence-electron chi connectivity index (χ1n) is 4.13. The van der Waals surface area contributed by atoms with Crippen LogP contribution >= 0.6 is 0 Å². The maximum atomic E-state index is 5.69. The molecule has 0 aromatic carbocycles. The first-order valence-corrected chi connectivity index (χ1v) is 4.13. The summed E-state index contributed by atoms with van der Waals surface area (Å²) in [6.07, 6.45) is 0. The van der Waals surface area contributed by atoms with E-state index >= 15 is 0 Å². The van der Waals surface area contributed by atoms with Crippen LogP contribution in [0.2, 0.25) is 0 Å². The lowest BCUT2D eigenvalue weighted by Crippen LogP contribution is -2.13. The Morgan fingerprint density at radius 3 is 2.00 bits per heavy atom. The molecule has 0 aliphatic carbocycles. The fourth-order valence-electron chi connectivity index (χ4n) is 1.31. The van der Waals surface area contributed by atoms with E-state index in [2.05, 4.69) is 25.8 Å². The fraction of sp³-hybridized carbons (Fsp3) is 0.667. The Morgan fingerprint density at radius 1 is 1.33 bits per heavy atom. The van der Waals surface area contributed by atoms with Crippen molar-refractivity contribution in [1.29, 1.82) is 0 Å². The molecule has 1 aromatic rings. The number of nitrogens with zero attached hydrogens (tertiary/aromatic N) is 2. The summed E-state index contributed by atoms with van der Waals surface area (Å²) in [5, 5.41) is 0. The van der Waals surface area contributed by atoms with Crippen molar-refractivity contribution in [3.8, 4) is 0 Å². The van der Waals surface area contributed by atoms with Crippen LogP contribution in [0, 0.1) is 6.92 Å². The molecule has 0 spiro atoms. The summed E-state index contributed by atoms with van der Waals surface area (Å²) in [5.74, 6) is 0.595. The van der Waals surface area contributed by atoms with E-state index in [0.717, 1.165) is 11.4 Å². The molecule has 0 aliphatic rings. The fourth-order valence-corrected chi connectivity index (χ4v) is 1.31. The van der Waals surface area contributed by atoms with Crippen LogP contribution in [-0.2, 0) is 12.5 Å². The van der Waals surface area contributed by atoms with E-state index in [9.17, 15) is 0 Å². The molecule has 0 bridgehead atoms. The quantitative estimate of drug-likeness (QED) is 0.638. The number of nitrogen functional groups attached to an aromatic ring is 1. The number of anilines is 1. The van der Waals surface area contributed by atoms with Crippen LogP contribution in [0.3, 0.4) is 0 Å². The molecule has 0 fully saturated rings. The van der Waals surface area contributed by atoms with Crippen LogP contribution in [0.1, 0.15) is 32.2 Å². The van der Waals surface area contributed by atoms with Gasteiger partial charge in [-0.2, -0.15) is 0 Å². The summed E-state index contributed by atoms with van der Waals surface area (Å²) in [6.45, 7) is 8.47. The molecule has 0 unspecified atom stereocenters. The topological polar surface area (TPSA) is 43.8 Å². The highest BCUT2D eigenvalue weighted by atomic mass is 15.1. The van der Waals surface area contributed by atoms with Crippen molar-refractivity contribution < 1.29 is 0 Å². The molecular formula is C9H17N3. The van der Waals surface area contributed by atoms with Crippen molar-refractivity contribution >= 4 is 5.95 Å². The number of rotatable bonds is 0. The average molecular weight is 167 g/mol. The second-order valence-corrected chi connectivity index (χ2v) is 4.21. The van der Waals surface area contributed by atoms with Crippen molar-refractivity contribution in [2.75, 3.05) is 5.73 Å². The normalized spacial score (nSPS) is 12.1. The molecule has 68 valence electrons. The number of aromatic nitrogens is 2. The predicted octanol–water partition coefficient (Wildman–Crippen LogP) is 1.61. The molecule has 3 nitrogen and oxygen atoms in total. The average Bonchev–Trinajstić information content (AvgIpc) is 2.15. The van der Waals surface area contributed by atoms with E-state index < -0.39 is 0 Å². The highest BCUT2D eigenvalue weighted by Gasteiger charge is 2.21. The zero-order valence-electron chi connectivity index (χ0n) is 8.47. The Balaban J connectivity index is 3.28. The summed E-state index contributed by atoms with van der Waals surface area (Å²) >= 11 is 0. The van der Waals surface area contributed by atoms with Crippen LogP contribution in [0.25, 0.3) is 0 Å². The lowest BCUT2D eigenvalue weighted by atomic mass is 9.91. The lowest BCUT2D eigenvalue weighted by Gasteiger charge is -2.16. The van der Waals surface area contributed by atoms with E-state index in [1.807, 2.05) is 18.5 Å². The van der Waals surface area contributed by atoms with Gasteiger partial charge in [0.25, 0.3) is 0 Å². The van der Waals surface area contributed by atoms with Gasteiger partial charge >= 0.3 is 0 Å². The number of hydrogen-bond acceptors (Lipinski definition) is 2. The third-order valence-corrected chi connectivity index (χ3v) is 2.13. The van der Waals surface area contributed by atoms with Crippen LogP contribution < -0.4 is 5.73 Å². The maximum absolute atomic E-state index is 5.69. The maximum Gasteiger partial charge on any atom is 0.200 e. The summed E-state index contributed by atoms with van der Waals surface area (Å²) in [7, 11) is 1.94. The molecule has 3 heteroatoms. The van der Waals surface area contributed by atoms with Gasteiger partial charge in [0.05, 0.1) is 5.69 Å².